The third-order valence-electron chi connectivity index (χ3n) is 6.18. The number of fused-ring (bicyclic) bond motifs is 1. The number of nitriles is 1. The van der Waals surface area contributed by atoms with Crippen LogP contribution in [-0.2, 0) is 19.5 Å². The highest BCUT2D eigenvalue weighted by Gasteiger charge is 2.47. The zero-order chi connectivity index (χ0) is 25.7. The number of nitrogens with zero attached hydrogens (tertiary/aromatic N) is 6. The Bertz CT molecular complexity index is 1430. The first-order valence-corrected chi connectivity index (χ1v) is 13.4. The summed E-state index contributed by atoms with van der Waals surface area (Å²) in [7, 11) is -2.53. The van der Waals surface area contributed by atoms with Crippen molar-refractivity contribution in [2.75, 3.05) is 31.8 Å². The number of ether oxygens (including phenoxy) is 2. The minimum atomic E-state index is -4.10. The van der Waals surface area contributed by atoms with E-state index < -0.39 is 27.0 Å². The zero-order valence-electron chi connectivity index (χ0n) is 19.4. The molecule has 1 saturated carbocycles. The van der Waals surface area contributed by atoms with Gasteiger partial charge in [0.05, 0.1) is 37.3 Å². The topological polar surface area (TPSA) is 135 Å². The van der Waals surface area contributed by atoms with Crippen LogP contribution in [0.15, 0.2) is 23.4 Å². The summed E-state index contributed by atoms with van der Waals surface area (Å²) in [5, 5.41) is 16.6. The Kier molecular flexibility index (Phi) is 6.41. The van der Waals surface area contributed by atoms with Gasteiger partial charge in [-0.2, -0.15) is 9.98 Å². The van der Waals surface area contributed by atoms with Crippen LogP contribution in [0.3, 0.4) is 0 Å². The molecular weight excluding hydrogens is 516 g/mol. The number of anilines is 1. The van der Waals surface area contributed by atoms with Crippen LogP contribution in [0.5, 0.6) is 0 Å². The van der Waals surface area contributed by atoms with Crippen LogP contribution in [0.4, 0.5) is 14.5 Å². The Morgan fingerprint density at radius 2 is 2.19 bits per heavy atom. The lowest BCUT2D eigenvalue weighted by molar-refractivity contribution is -0.0221. The Morgan fingerprint density at radius 1 is 1.42 bits per heavy atom. The van der Waals surface area contributed by atoms with Crippen LogP contribution in [-0.4, -0.2) is 72.6 Å². The van der Waals surface area contributed by atoms with E-state index in [-0.39, 0.29) is 22.0 Å². The maximum absolute atomic E-state index is 13.4. The second kappa shape index (κ2) is 9.27. The summed E-state index contributed by atoms with van der Waals surface area (Å²) < 4.78 is 68.1. The summed E-state index contributed by atoms with van der Waals surface area (Å²) >= 11 is 0.708. The van der Waals surface area contributed by atoms with Gasteiger partial charge in [-0.3, -0.25) is 4.40 Å². The van der Waals surface area contributed by atoms with E-state index in [0.717, 1.165) is 0 Å². The minimum Gasteiger partial charge on any atom is -0.382 e. The predicted octanol–water partition coefficient (Wildman–Crippen LogP) is 2.36. The van der Waals surface area contributed by atoms with E-state index in [2.05, 4.69) is 19.9 Å². The van der Waals surface area contributed by atoms with E-state index in [1.54, 1.807) is 7.11 Å². The van der Waals surface area contributed by atoms with Gasteiger partial charge in [-0.15, -0.1) is 10.2 Å². The lowest BCUT2D eigenvalue weighted by atomic mass is 10.1. The number of imidazole rings is 1. The fourth-order valence-corrected chi connectivity index (χ4v) is 6.20. The molecule has 11 nitrogen and oxygen atoms in total. The molecule has 5 rings (SSSR count). The van der Waals surface area contributed by atoms with Gasteiger partial charge in [0.1, 0.15) is 16.1 Å². The molecule has 2 aliphatic rings. The zero-order valence-corrected chi connectivity index (χ0v) is 21.0. The van der Waals surface area contributed by atoms with Gasteiger partial charge in [0, 0.05) is 25.9 Å². The third-order valence-corrected chi connectivity index (χ3v) is 8.64. The molecule has 2 fully saturated rings. The van der Waals surface area contributed by atoms with Gasteiger partial charge in [0.25, 0.3) is 6.43 Å². The lowest BCUT2D eigenvalue weighted by Crippen LogP contribution is -2.50. The number of sulfonamides is 1. The van der Waals surface area contributed by atoms with Crippen LogP contribution in [0.1, 0.15) is 31.2 Å². The molecule has 0 spiro atoms. The van der Waals surface area contributed by atoms with Gasteiger partial charge in [0.2, 0.25) is 10.0 Å². The van der Waals surface area contributed by atoms with Crippen LogP contribution >= 0.6 is 11.3 Å². The van der Waals surface area contributed by atoms with Crippen molar-refractivity contribution >= 4 is 32.7 Å². The molecule has 1 aliphatic carbocycles. The van der Waals surface area contributed by atoms with Crippen molar-refractivity contribution in [3.63, 3.8) is 0 Å². The van der Waals surface area contributed by atoms with Gasteiger partial charge in [-0.25, -0.2) is 22.2 Å². The van der Waals surface area contributed by atoms with E-state index in [0.29, 0.717) is 61.0 Å². The Balaban J connectivity index is 1.66. The quantitative estimate of drug-likeness (QED) is 0.458. The van der Waals surface area contributed by atoms with Crippen molar-refractivity contribution in [2.45, 2.75) is 48.8 Å². The van der Waals surface area contributed by atoms with Crippen molar-refractivity contribution in [1.82, 2.24) is 24.3 Å². The fraction of sp³-hybridized carbons (Fsp3) is 0.524. The van der Waals surface area contributed by atoms with Crippen LogP contribution in [0.25, 0.3) is 16.3 Å². The smallest absolute Gasteiger partial charge is 0.291 e. The molecular formula is C21H23F2N7O4S2. The van der Waals surface area contributed by atoms with Crippen LogP contribution in [0.2, 0.25) is 0 Å². The molecule has 0 radical (unpaired) electrons. The third kappa shape index (κ3) is 4.55. The number of hydrogen-bond acceptors (Lipinski definition) is 10. The van der Waals surface area contributed by atoms with E-state index in [1.807, 2.05) is 17.9 Å². The van der Waals surface area contributed by atoms with Crippen LogP contribution in [0, 0.1) is 11.3 Å². The first-order valence-electron chi connectivity index (χ1n) is 11.1. The number of pyridine rings is 1. The molecule has 3 aromatic heterocycles. The summed E-state index contributed by atoms with van der Waals surface area (Å²) in [4.78, 5) is 6.38. The molecule has 0 aromatic carbocycles. The highest BCUT2D eigenvalue weighted by molar-refractivity contribution is 7.89. The Labute approximate surface area is 209 Å². The molecule has 192 valence electrons. The molecule has 2 atom stereocenters. The number of rotatable bonds is 8. The summed E-state index contributed by atoms with van der Waals surface area (Å²) in [5.74, 6) is 0. The molecule has 0 unspecified atom stereocenters. The van der Waals surface area contributed by atoms with E-state index in [9.17, 15) is 22.5 Å². The fourth-order valence-electron chi connectivity index (χ4n) is 4.11. The number of halogens is 2. The number of nitrogens with one attached hydrogen (secondary N) is 1. The highest BCUT2D eigenvalue weighted by Crippen LogP contribution is 2.38. The number of hydrogen-bond donors (Lipinski definition) is 1. The van der Waals surface area contributed by atoms with Gasteiger partial charge in [-0.05, 0) is 25.8 Å². The van der Waals surface area contributed by atoms with Crippen molar-refractivity contribution in [1.29, 1.82) is 5.26 Å². The lowest BCUT2D eigenvalue weighted by Gasteiger charge is -2.39. The maximum Gasteiger partial charge on any atom is 0.291 e. The molecule has 0 bridgehead atoms. The molecule has 0 amide bonds. The van der Waals surface area contributed by atoms with Gasteiger partial charge >= 0.3 is 0 Å². The second-order valence-electron chi connectivity index (χ2n) is 8.86. The standard InChI is InChI=1S/C21H23F2N7O4S2/c1-12-9-34-13(10-33-2)7-29(12)15-5-14(36(31,32)28-21(11-24)3-4-21)8-30-16(6-25-18(15)30)19-26-27-20(35-19)17(22)23/h5-6,8,12-13,17,28H,3-4,7,9-10H2,1-2H3/t12-,13-/m0/s1. The molecule has 1 N–H and O–H groups in total. The van der Waals surface area contributed by atoms with Gasteiger partial charge in [0.15, 0.2) is 15.7 Å². The second-order valence-corrected chi connectivity index (χ2v) is 11.5. The Morgan fingerprint density at radius 3 is 2.83 bits per heavy atom. The monoisotopic (exact) mass is 539 g/mol. The SMILES string of the molecule is COC[C@@H]1CN(c2cc(S(=O)(=O)NC3(C#N)CC3)cn3c(-c4nnc(C(F)F)s4)cnc23)[C@@H](C)CO1. The average molecular weight is 540 g/mol. The molecule has 3 aromatic rings. The van der Waals surface area contributed by atoms with Gasteiger partial charge < -0.3 is 14.4 Å². The van der Waals surface area contributed by atoms with Crippen molar-refractivity contribution in [2.24, 2.45) is 0 Å². The van der Waals surface area contributed by atoms with E-state index in [4.69, 9.17) is 9.47 Å². The highest BCUT2D eigenvalue weighted by atomic mass is 32.2. The molecule has 1 saturated heterocycles. The number of morpholine rings is 1. The van der Waals surface area contributed by atoms with Crippen molar-refractivity contribution < 1.29 is 26.7 Å². The summed E-state index contributed by atoms with van der Waals surface area (Å²) in [5.41, 5.74) is 0.140. The molecule has 4 heterocycles. The summed E-state index contributed by atoms with van der Waals surface area (Å²) in [6.07, 6.45) is 0.637. The van der Waals surface area contributed by atoms with Gasteiger partial charge in [-0.1, -0.05) is 11.3 Å². The maximum atomic E-state index is 13.4. The molecule has 15 heteroatoms. The molecule has 1 aliphatic heterocycles. The summed E-state index contributed by atoms with van der Waals surface area (Å²) in [6, 6.07) is 3.42. The van der Waals surface area contributed by atoms with Crippen molar-refractivity contribution in [3.8, 4) is 16.8 Å². The molecule has 36 heavy (non-hydrogen) atoms. The first kappa shape index (κ1) is 24.9. The number of alkyl halides is 2. The van der Waals surface area contributed by atoms with E-state index >= 15 is 0 Å². The summed E-state index contributed by atoms with van der Waals surface area (Å²) in [6.45, 7) is 3.09. The number of aromatic nitrogens is 4. The number of methoxy groups -OCH3 is 1. The predicted molar refractivity (Wildman–Crippen MR) is 125 cm³/mol. The van der Waals surface area contributed by atoms with Crippen molar-refractivity contribution in [3.05, 3.63) is 23.5 Å². The van der Waals surface area contributed by atoms with E-state index in [1.165, 1.54) is 22.9 Å². The first-order chi connectivity index (χ1) is 17.2. The minimum absolute atomic E-state index is 0.0913. The average Bonchev–Trinajstić information content (AvgIpc) is 3.24. The Hall–Kier alpha value is -2.77. The largest absolute Gasteiger partial charge is 0.382 e. The normalized spacial score (nSPS) is 21.7. The van der Waals surface area contributed by atoms with Crippen LogP contribution < -0.4 is 9.62 Å².